The Bertz CT molecular complexity index is 257. The largest absolute Gasteiger partial charge is 0.396 e. The molecule has 3 nitrogen and oxygen atoms in total. The van der Waals surface area contributed by atoms with Crippen molar-refractivity contribution in [3.63, 3.8) is 0 Å². The van der Waals surface area contributed by atoms with E-state index in [-0.39, 0.29) is 12.0 Å². The first-order chi connectivity index (χ1) is 7.93. The molecule has 0 aromatic heterocycles. The average Bonchev–Trinajstić information content (AvgIpc) is 2.30. The van der Waals surface area contributed by atoms with Gasteiger partial charge in [-0.05, 0) is 31.1 Å². The first kappa shape index (κ1) is 13.3. The molecule has 0 radical (unpaired) electrons. The van der Waals surface area contributed by atoms with Crippen LogP contribution in [0.3, 0.4) is 0 Å². The Balaban J connectivity index is 2.14. The van der Waals surface area contributed by atoms with Gasteiger partial charge in [-0.2, -0.15) is 0 Å². The standard InChI is InChI=1S/C14H26O3/c1-12(2)3-5-13(11-15,6-4-12)14(16)7-9-17-10-8-14/h15-16H,3-11H2,1-2H3. The summed E-state index contributed by atoms with van der Waals surface area (Å²) in [6, 6.07) is 0. The number of rotatable bonds is 2. The van der Waals surface area contributed by atoms with Crippen molar-refractivity contribution in [2.75, 3.05) is 19.8 Å². The minimum Gasteiger partial charge on any atom is -0.396 e. The summed E-state index contributed by atoms with van der Waals surface area (Å²) in [7, 11) is 0. The summed E-state index contributed by atoms with van der Waals surface area (Å²) in [6.45, 7) is 5.92. The lowest BCUT2D eigenvalue weighted by Gasteiger charge is -2.53. The van der Waals surface area contributed by atoms with E-state index in [4.69, 9.17) is 4.74 Å². The summed E-state index contributed by atoms with van der Waals surface area (Å²) in [5, 5.41) is 20.7. The zero-order valence-electron chi connectivity index (χ0n) is 11.2. The van der Waals surface area contributed by atoms with Gasteiger partial charge in [-0.3, -0.25) is 0 Å². The highest BCUT2D eigenvalue weighted by Gasteiger charge is 2.52. The molecule has 0 aromatic carbocycles. The maximum absolute atomic E-state index is 10.9. The van der Waals surface area contributed by atoms with Gasteiger partial charge in [0.1, 0.15) is 0 Å². The Morgan fingerprint density at radius 1 is 0.941 bits per heavy atom. The van der Waals surface area contributed by atoms with Crippen LogP contribution in [0.4, 0.5) is 0 Å². The molecule has 0 amide bonds. The van der Waals surface area contributed by atoms with Gasteiger partial charge in [0.05, 0.1) is 12.2 Å². The normalized spacial score (nSPS) is 31.1. The number of hydrogen-bond donors (Lipinski definition) is 2. The lowest BCUT2D eigenvalue weighted by molar-refractivity contribution is -0.179. The molecule has 0 atom stereocenters. The highest BCUT2D eigenvalue weighted by atomic mass is 16.5. The van der Waals surface area contributed by atoms with Crippen LogP contribution in [-0.4, -0.2) is 35.6 Å². The molecule has 1 saturated heterocycles. The fourth-order valence-corrected chi connectivity index (χ4v) is 3.42. The molecule has 2 fully saturated rings. The molecule has 1 saturated carbocycles. The Kier molecular flexibility index (Phi) is 3.54. The van der Waals surface area contributed by atoms with E-state index in [2.05, 4.69) is 13.8 Å². The highest BCUT2D eigenvalue weighted by Crippen LogP contribution is 2.53. The van der Waals surface area contributed by atoms with Gasteiger partial charge in [-0.25, -0.2) is 0 Å². The van der Waals surface area contributed by atoms with Gasteiger partial charge in [-0.1, -0.05) is 13.8 Å². The first-order valence-corrected chi connectivity index (χ1v) is 6.84. The van der Waals surface area contributed by atoms with E-state index in [1.54, 1.807) is 0 Å². The van der Waals surface area contributed by atoms with E-state index in [1.807, 2.05) is 0 Å². The van der Waals surface area contributed by atoms with E-state index in [0.717, 1.165) is 25.7 Å². The molecule has 1 heterocycles. The predicted octanol–water partition coefficient (Wildman–Crippen LogP) is 2.11. The maximum atomic E-state index is 10.9. The van der Waals surface area contributed by atoms with Crippen LogP contribution in [0.5, 0.6) is 0 Å². The molecular formula is C14H26O3. The van der Waals surface area contributed by atoms with Gasteiger partial charge in [0.15, 0.2) is 0 Å². The van der Waals surface area contributed by atoms with Crippen LogP contribution in [0.1, 0.15) is 52.4 Å². The third kappa shape index (κ3) is 2.38. The predicted molar refractivity (Wildman–Crippen MR) is 66.8 cm³/mol. The Hall–Kier alpha value is -0.120. The van der Waals surface area contributed by atoms with Crippen LogP contribution in [0.15, 0.2) is 0 Å². The van der Waals surface area contributed by atoms with Crippen LogP contribution in [0.2, 0.25) is 0 Å². The molecule has 1 aliphatic heterocycles. The van der Waals surface area contributed by atoms with E-state index in [9.17, 15) is 10.2 Å². The summed E-state index contributed by atoms with van der Waals surface area (Å²) in [6.07, 6.45) is 5.41. The molecule has 17 heavy (non-hydrogen) atoms. The Labute approximate surface area is 104 Å². The van der Waals surface area contributed by atoms with Crippen LogP contribution in [0.25, 0.3) is 0 Å². The summed E-state index contributed by atoms with van der Waals surface area (Å²) in [5.41, 5.74) is -0.636. The molecule has 2 rings (SSSR count). The SMILES string of the molecule is CC1(C)CCC(CO)(C2(O)CCOCC2)CC1. The van der Waals surface area contributed by atoms with Crippen molar-refractivity contribution in [1.82, 2.24) is 0 Å². The fraction of sp³-hybridized carbons (Fsp3) is 1.00. The lowest BCUT2D eigenvalue weighted by atomic mass is 9.57. The lowest BCUT2D eigenvalue weighted by Crippen LogP contribution is -2.55. The molecule has 0 aromatic rings. The van der Waals surface area contributed by atoms with Gasteiger partial charge in [0, 0.05) is 31.5 Å². The van der Waals surface area contributed by atoms with Crippen molar-refractivity contribution in [3.8, 4) is 0 Å². The number of aliphatic hydroxyl groups is 2. The van der Waals surface area contributed by atoms with E-state index >= 15 is 0 Å². The number of aliphatic hydroxyl groups excluding tert-OH is 1. The van der Waals surface area contributed by atoms with Crippen molar-refractivity contribution < 1.29 is 14.9 Å². The van der Waals surface area contributed by atoms with E-state index in [0.29, 0.717) is 31.5 Å². The van der Waals surface area contributed by atoms with Gasteiger partial charge < -0.3 is 14.9 Å². The molecule has 1 aliphatic carbocycles. The topological polar surface area (TPSA) is 49.7 Å². The van der Waals surface area contributed by atoms with Crippen LogP contribution in [-0.2, 0) is 4.74 Å². The van der Waals surface area contributed by atoms with Crippen LogP contribution < -0.4 is 0 Å². The zero-order valence-corrected chi connectivity index (χ0v) is 11.2. The van der Waals surface area contributed by atoms with E-state index in [1.165, 1.54) is 0 Å². The van der Waals surface area contributed by atoms with Gasteiger partial charge >= 0.3 is 0 Å². The minimum absolute atomic E-state index is 0.111. The van der Waals surface area contributed by atoms with Crippen LogP contribution >= 0.6 is 0 Å². The molecule has 2 aliphatic rings. The highest BCUT2D eigenvalue weighted by molar-refractivity contribution is 5.03. The summed E-state index contributed by atoms with van der Waals surface area (Å²) in [5.74, 6) is 0. The quantitative estimate of drug-likeness (QED) is 0.779. The van der Waals surface area contributed by atoms with E-state index < -0.39 is 5.60 Å². The summed E-state index contributed by atoms with van der Waals surface area (Å²) >= 11 is 0. The van der Waals surface area contributed by atoms with Crippen molar-refractivity contribution in [3.05, 3.63) is 0 Å². The third-order valence-electron chi connectivity index (χ3n) is 5.17. The molecule has 3 heteroatoms. The molecular weight excluding hydrogens is 216 g/mol. The summed E-state index contributed by atoms with van der Waals surface area (Å²) < 4.78 is 5.34. The van der Waals surface area contributed by atoms with Gasteiger partial charge in [0.2, 0.25) is 0 Å². The first-order valence-electron chi connectivity index (χ1n) is 6.84. The van der Waals surface area contributed by atoms with Crippen molar-refractivity contribution >= 4 is 0 Å². The average molecular weight is 242 g/mol. The molecule has 100 valence electrons. The number of ether oxygens (including phenoxy) is 1. The third-order valence-corrected chi connectivity index (χ3v) is 5.17. The van der Waals surface area contributed by atoms with Crippen LogP contribution in [0, 0.1) is 10.8 Å². The fourth-order valence-electron chi connectivity index (χ4n) is 3.42. The Morgan fingerprint density at radius 3 is 1.94 bits per heavy atom. The van der Waals surface area contributed by atoms with Crippen molar-refractivity contribution in [1.29, 1.82) is 0 Å². The smallest absolute Gasteiger partial charge is 0.0769 e. The molecule has 0 unspecified atom stereocenters. The molecule has 2 N–H and O–H groups in total. The van der Waals surface area contributed by atoms with Crippen molar-refractivity contribution in [2.24, 2.45) is 10.8 Å². The second kappa shape index (κ2) is 4.52. The zero-order chi connectivity index (χ0) is 12.6. The second-order valence-corrected chi connectivity index (χ2v) is 6.75. The maximum Gasteiger partial charge on any atom is 0.0769 e. The van der Waals surface area contributed by atoms with Gasteiger partial charge in [0.25, 0.3) is 0 Å². The number of hydrogen-bond acceptors (Lipinski definition) is 3. The summed E-state index contributed by atoms with van der Waals surface area (Å²) in [4.78, 5) is 0. The van der Waals surface area contributed by atoms with Gasteiger partial charge in [-0.15, -0.1) is 0 Å². The monoisotopic (exact) mass is 242 g/mol. The molecule has 0 bridgehead atoms. The minimum atomic E-state index is -0.712. The Morgan fingerprint density at radius 2 is 1.47 bits per heavy atom. The second-order valence-electron chi connectivity index (χ2n) is 6.75. The van der Waals surface area contributed by atoms with Crippen molar-refractivity contribution in [2.45, 2.75) is 58.0 Å². The molecule has 0 spiro atoms.